The summed E-state index contributed by atoms with van der Waals surface area (Å²) in [6.45, 7) is 1.86. The van der Waals surface area contributed by atoms with Crippen LogP contribution in [0.15, 0.2) is 48.7 Å². The van der Waals surface area contributed by atoms with Crippen LogP contribution in [0.1, 0.15) is 86.8 Å². The molecule has 3 atom stereocenters. The molecule has 0 radical (unpaired) electrons. The molecule has 2 heterocycles. The first kappa shape index (κ1) is 21.1. The van der Waals surface area contributed by atoms with Gasteiger partial charge in [0.2, 0.25) is 0 Å². The van der Waals surface area contributed by atoms with Crippen LogP contribution in [0.2, 0.25) is 0 Å². The Morgan fingerprint density at radius 1 is 1.03 bits per heavy atom. The molecule has 1 unspecified atom stereocenters. The van der Waals surface area contributed by atoms with Crippen molar-refractivity contribution in [3.05, 3.63) is 65.5 Å². The summed E-state index contributed by atoms with van der Waals surface area (Å²) in [5, 5.41) is 3.92. The van der Waals surface area contributed by atoms with E-state index < -0.39 is 0 Å². The van der Waals surface area contributed by atoms with Crippen molar-refractivity contribution in [2.75, 3.05) is 20.3 Å². The van der Waals surface area contributed by atoms with Crippen LogP contribution in [0.4, 0.5) is 0 Å². The van der Waals surface area contributed by atoms with Crippen molar-refractivity contribution >= 4 is 0 Å². The third-order valence-electron chi connectivity index (χ3n) is 8.09. The third kappa shape index (κ3) is 4.18. The molecule has 2 fully saturated rings. The van der Waals surface area contributed by atoms with E-state index in [9.17, 15) is 0 Å². The molecule has 31 heavy (non-hydrogen) atoms. The van der Waals surface area contributed by atoms with Crippen molar-refractivity contribution in [3.8, 4) is 0 Å². The van der Waals surface area contributed by atoms with Gasteiger partial charge in [-0.05, 0) is 74.8 Å². The zero-order chi connectivity index (χ0) is 21.2. The standard InChI is InChI=1S/C27H36N2O2/c1-30-24-12-11-23(21-8-2-3-9-22(21)24)28-18-15-26(25-10-4-7-17-29-25)16-19-31-27(20-26)13-5-6-14-27/h2-4,7-10,17,23-24,28H,5-6,11-16,18-20H2,1H3/t23-,24?,26+/m0/s1. The summed E-state index contributed by atoms with van der Waals surface area (Å²) in [6, 6.07) is 15.6. The normalized spacial score (nSPS) is 29.7. The van der Waals surface area contributed by atoms with E-state index in [0.717, 1.165) is 45.3 Å². The second-order valence-electron chi connectivity index (χ2n) is 9.85. The number of fused-ring (bicyclic) bond motifs is 1. The summed E-state index contributed by atoms with van der Waals surface area (Å²) >= 11 is 0. The Morgan fingerprint density at radius 3 is 2.61 bits per heavy atom. The molecule has 2 aliphatic carbocycles. The Hall–Kier alpha value is -1.75. The van der Waals surface area contributed by atoms with Gasteiger partial charge in [-0.2, -0.15) is 0 Å². The molecule has 166 valence electrons. The third-order valence-corrected chi connectivity index (χ3v) is 8.09. The largest absolute Gasteiger partial charge is 0.377 e. The van der Waals surface area contributed by atoms with Crippen molar-refractivity contribution in [1.82, 2.24) is 10.3 Å². The number of hydrogen-bond donors (Lipinski definition) is 1. The van der Waals surface area contributed by atoms with Gasteiger partial charge in [-0.15, -0.1) is 0 Å². The molecule has 1 aliphatic heterocycles. The molecule has 2 aromatic rings. The Balaban J connectivity index is 1.33. The van der Waals surface area contributed by atoms with Crippen LogP contribution in [0.25, 0.3) is 0 Å². The minimum absolute atomic E-state index is 0.0822. The maximum atomic E-state index is 6.41. The van der Waals surface area contributed by atoms with Gasteiger partial charge < -0.3 is 14.8 Å². The van der Waals surface area contributed by atoms with Gasteiger partial charge >= 0.3 is 0 Å². The molecule has 1 aromatic carbocycles. The molecule has 4 nitrogen and oxygen atoms in total. The monoisotopic (exact) mass is 420 g/mol. The van der Waals surface area contributed by atoms with E-state index in [1.54, 1.807) is 0 Å². The second-order valence-corrected chi connectivity index (χ2v) is 9.85. The summed E-state index contributed by atoms with van der Waals surface area (Å²) in [4.78, 5) is 4.85. The quantitative estimate of drug-likeness (QED) is 0.656. The number of aromatic nitrogens is 1. The van der Waals surface area contributed by atoms with Crippen molar-refractivity contribution in [2.24, 2.45) is 0 Å². The second kappa shape index (κ2) is 9.01. The highest BCUT2D eigenvalue weighted by Crippen LogP contribution is 2.49. The van der Waals surface area contributed by atoms with Gasteiger partial charge in [0.25, 0.3) is 0 Å². The van der Waals surface area contributed by atoms with Gasteiger partial charge in [-0.3, -0.25) is 4.98 Å². The number of benzene rings is 1. The van der Waals surface area contributed by atoms with Crippen molar-refractivity contribution in [1.29, 1.82) is 0 Å². The predicted molar refractivity (Wildman–Crippen MR) is 123 cm³/mol. The van der Waals surface area contributed by atoms with Gasteiger partial charge in [0.05, 0.1) is 11.7 Å². The minimum atomic E-state index is 0.0822. The van der Waals surface area contributed by atoms with Crippen molar-refractivity contribution in [3.63, 3.8) is 0 Å². The number of nitrogens with one attached hydrogen (secondary N) is 1. The number of nitrogens with zero attached hydrogens (tertiary/aromatic N) is 1. The Morgan fingerprint density at radius 2 is 1.84 bits per heavy atom. The number of methoxy groups -OCH3 is 1. The van der Waals surface area contributed by atoms with Crippen LogP contribution in [-0.4, -0.2) is 30.8 Å². The van der Waals surface area contributed by atoms with Gasteiger partial charge in [-0.25, -0.2) is 0 Å². The number of rotatable bonds is 6. The van der Waals surface area contributed by atoms with Crippen LogP contribution >= 0.6 is 0 Å². The zero-order valence-corrected chi connectivity index (χ0v) is 18.8. The van der Waals surface area contributed by atoms with E-state index in [2.05, 4.69) is 41.7 Å². The van der Waals surface area contributed by atoms with Crippen LogP contribution in [0, 0.1) is 0 Å². The predicted octanol–water partition coefficient (Wildman–Crippen LogP) is 5.64. The molecule has 0 amide bonds. The van der Waals surface area contributed by atoms with Crippen LogP contribution in [0.5, 0.6) is 0 Å². The first-order valence-electron chi connectivity index (χ1n) is 12.1. The first-order chi connectivity index (χ1) is 15.2. The molecule has 4 heteroatoms. The van der Waals surface area contributed by atoms with E-state index in [-0.39, 0.29) is 17.1 Å². The van der Waals surface area contributed by atoms with E-state index in [1.807, 2.05) is 19.4 Å². The highest BCUT2D eigenvalue weighted by molar-refractivity contribution is 5.34. The zero-order valence-electron chi connectivity index (χ0n) is 18.8. The average Bonchev–Trinajstić information content (AvgIpc) is 3.27. The smallest absolute Gasteiger partial charge is 0.0825 e. The Kier molecular flexibility index (Phi) is 6.14. The molecular formula is C27H36N2O2. The molecule has 1 spiro atoms. The highest BCUT2D eigenvalue weighted by atomic mass is 16.5. The summed E-state index contributed by atoms with van der Waals surface area (Å²) in [6.07, 6.45) is 12.7. The fourth-order valence-corrected chi connectivity index (χ4v) is 6.49. The summed E-state index contributed by atoms with van der Waals surface area (Å²) < 4.78 is 12.2. The number of pyridine rings is 1. The fourth-order valence-electron chi connectivity index (χ4n) is 6.49. The molecular weight excluding hydrogens is 384 g/mol. The van der Waals surface area contributed by atoms with Crippen LogP contribution in [-0.2, 0) is 14.9 Å². The fraction of sp³-hybridized carbons (Fsp3) is 0.593. The van der Waals surface area contributed by atoms with Crippen LogP contribution < -0.4 is 5.32 Å². The molecule has 0 bridgehead atoms. The molecule has 1 aromatic heterocycles. The molecule has 1 N–H and O–H groups in total. The Labute approximate surface area is 186 Å². The van der Waals surface area contributed by atoms with E-state index in [1.165, 1.54) is 42.5 Å². The van der Waals surface area contributed by atoms with E-state index >= 15 is 0 Å². The molecule has 5 rings (SSSR count). The van der Waals surface area contributed by atoms with E-state index in [4.69, 9.17) is 14.5 Å². The minimum Gasteiger partial charge on any atom is -0.377 e. The first-order valence-corrected chi connectivity index (χ1v) is 12.1. The molecule has 1 saturated heterocycles. The maximum Gasteiger partial charge on any atom is 0.0825 e. The summed E-state index contributed by atoms with van der Waals surface area (Å²) in [5.41, 5.74) is 4.21. The maximum absolute atomic E-state index is 6.41. The van der Waals surface area contributed by atoms with Crippen molar-refractivity contribution in [2.45, 2.75) is 80.9 Å². The lowest BCUT2D eigenvalue weighted by Gasteiger charge is -2.46. The van der Waals surface area contributed by atoms with Gasteiger partial charge in [0, 0.05) is 37.1 Å². The number of hydrogen-bond acceptors (Lipinski definition) is 4. The van der Waals surface area contributed by atoms with Gasteiger partial charge in [0.1, 0.15) is 0 Å². The summed E-state index contributed by atoms with van der Waals surface area (Å²) in [5.74, 6) is 0. The molecule has 1 saturated carbocycles. The summed E-state index contributed by atoms with van der Waals surface area (Å²) in [7, 11) is 1.83. The highest BCUT2D eigenvalue weighted by Gasteiger charge is 2.48. The lowest BCUT2D eigenvalue weighted by Crippen LogP contribution is -2.47. The SMILES string of the molecule is COC1CC[C@H](NCC[C@@]2(c3ccccn3)CCOC3(CCCC3)C2)c2ccccc21. The lowest BCUT2D eigenvalue weighted by atomic mass is 9.68. The van der Waals surface area contributed by atoms with Crippen LogP contribution in [0.3, 0.4) is 0 Å². The Bertz CT molecular complexity index is 865. The average molecular weight is 421 g/mol. The van der Waals surface area contributed by atoms with Gasteiger partial charge in [0.15, 0.2) is 0 Å². The van der Waals surface area contributed by atoms with Crippen molar-refractivity contribution < 1.29 is 9.47 Å². The van der Waals surface area contributed by atoms with Gasteiger partial charge in [-0.1, -0.05) is 43.2 Å². The topological polar surface area (TPSA) is 43.4 Å². The number of ether oxygens (including phenoxy) is 2. The molecule has 3 aliphatic rings. The lowest BCUT2D eigenvalue weighted by molar-refractivity contribution is -0.104. The van der Waals surface area contributed by atoms with E-state index in [0.29, 0.717) is 6.04 Å².